The van der Waals surface area contributed by atoms with Crippen LogP contribution in [0, 0.1) is 12.7 Å². The molecule has 1 aliphatic rings. The molecular weight excluding hydrogens is 618 g/mol. The molecule has 45 heavy (non-hydrogen) atoms. The number of aliphatic imine (C=N–C) groups is 1. The molecule has 0 saturated carbocycles. The monoisotopic (exact) mass is 643 g/mol. The Morgan fingerprint density at radius 3 is 2.60 bits per heavy atom. The second kappa shape index (κ2) is 13.4. The molecule has 2 heterocycles. The van der Waals surface area contributed by atoms with Crippen molar-refractivity contribution >= 4 is 45.9 Å². The number of methoxy groups -OCH3 is 1. The number of aromatic nitrogens is 3. The number of amides is 3. The Morgan fingerprint density at radius 1 is 1.11 bits per heavy atom. The first-order chi connectivity index (χ1) is 21.5. The predicted molar refractivity (Wildman–Crippen MR) is 160 cm³/mol. The van der Waals surface area contributed by atoms with Crippen LogP contribution in [-0.2, 0) is 22.7 Å². The van der Waals surface area contributed by atoms with Crippen LogP contribution in [0.3, 0.4) is 0 Å². The summed E-state index contributed by atoms with van der Waals surface area (Å²) in [6.07, 6.45) is -3.41. The number of halogens is 4. The van der Waals surface area contributed by atoms with Gasteiger partial charge in [-0.25, -0.2) is 18.9 Å². The molecule has 2 N–H and O–H groups in total. The van der Waals surface area contributed by atoms with Crippen LogP contribution in [0.15, 0.2) is 72.0 Å². The number of ether oxygens (including phenoxy) is 2. The van der Waals surface area contributed by atoms with Crippen molar-refractivity contribution in [3.63, 3.8) is 0 Å². The van der Waals surface area contributed by atoms with E-state index in [-0.39, 0.29) is 41.4 Å². The van der Waals surface area contributed by atoms with E-state index in [2.05, 4.69) is 30.4 Å². The Labute approximate surface area is 258 Å². The summed E-state index contributed by atoms with van der Waals surface area (Å²) in [5.74, 6) is -0.923. The van der Waals surface area contributed by atoms with Gasteiger partial charge in [-0.15, -0.1) is 18.3 Å². The largest absolute Gasteiger partial charge is 0.573 e. The molecule has 0 aliphatic carbocycles. The Kier molecular flexibility index (Phi) is 9.34. The molecule has 4 aromatic rings. The smallest absolute Gasteiger partial charge is 0.406 e. The third kappa shape index (κ3) is 7.96. The lowest BCUT2D eigenvalue weighted by Gasteiger charge is -2.20. The van der Waals surface area contributed by atoms with Gasteiger partial charge >= 0.3 is 12.4 Å². The normalized spacial score (nSPS) is 14.2. The van der Waals surface area contributed by atoms with Crippen molar-refractivity contribution in [2.24, 2.45) is 4.99 Å². The quantitative estimate of drug-likeness (QED) is 0.212. The molecular formula is C29H25F4N7O4S. The summed E-state index contributed by atoms with van der Waals surface area (Å²) in [7, 11) is 1.54. The van der Waals surface area contributed by atoms with Crippen molar-refractivity contribution < 1.29 is 36.6 Å². The number of carbonyl (C=O) groups is 2. The van der Waals surface area contributed by atoms with Gasteiger partial charge < -0.3 is 20.1 Å². The van der Waals surface area contributed by atoms with Crippen LogP contribution in [0.4, 0.5) is 39.4 Å². The topological polar surface area (TPSA) is 123 Å². The van der Waals surface area contributed by atoms with Crippen LogP contribution in [0.25, 0.3) is 5.69 Å². The number of nitrogens with one attached hydrogen (secondary N) is 2. The molecule has 3 aromatic carbocycles. The highest BCUT2D eigenvalue weighted by molar-refractivity contribution is 8.15. The zero-order valence-electron chi connectivity index (χ0n) is 23.8. The number of aryl methyl sites for hydroxylation is 1. The number of benzene rings is 3. The van der Waals surface area contributed by atoms with E-state index < -0.39 is 18.2 Å². The number of nitrogens with zero attached hydrogens (tertiary/aromatic N) is 5. The number of anilines is 3. The van der Waals surface area contributed by atoms with Crippen molar-refractivity contribution in [3.8, 4) is 11.4 Å². The molecule has 1 saturated heterocycles. The fraction of sp³-hybridized carbons (Fsp3) is 0.207. The van der Waals surface area contributed by atoms with Gasteiger partial charge in [-0.3, -0.25) is 9.69 Å². The average molecular weight is 644 g/mol. The summed E-state index contributed by atoms with van der Waals surface area (Å²) >= 11 is 1.10. The van der Waals surface area contributed by atoms with E-state index in [1.165, 1.54) is 46.2 Å². The van der Waals surface area contributed by atoms with Gasteiger partial charge in [0, 0.05) is 18.4 Å². The van der Waals surface area contributed by atoms with E-state index in [9.17, 15) is 27.2 Å². The molecule has 1 aliphatic heterocycles. The molecule has 0 unspecified atom stereocenters. The van der Waals surface area contributed by atoms with Crippen LogP contribution in [0.1, 0.15) is 17.0 Å². The maximum absolute atomic E-state index is 14.9. The first kappa shape index (κ1) is 31.5. The van der Waals surface area contributed by atoms with Crippen molar-refractivity contribution in [3.05, 3.63) is 89.8 Å². The van der Waals surface area contributed by atoms with Gasteiger partial charge in [-0.2, -0.15) is 4.99 Å². The van der Waals surface area contributed by atoms with Crippen molar-refractivity contribution in [2.75, 3.05) is 28.4 Å². The summed E-state index contributed by atoms with van der Waals surface area (Å²) in [5, 5.41) is 9.80. The molecule has 11 nitrogen and oxygen atoms in total. The Hall–Kier alpha value is -4.96. The lowest BCUT2D eigenvalue weighted by atomic mass is 10.1. The van der Waals surface area contributed by atoms with Gasteiger partial charge in [0.2, 0.25) is 5.91 Å². The summed E-state index contributed by atoms with van der Waals surface area (Å²) in [6.45, 7) is 2.24. The highest BCUT2D eigenvalue weighted by atomic mass is 32.2. The minimum absolute atomic E-state index is 0.0947. The number of rotatable bonds is 9. The molecule has 16 heteroatoms. The maximum Gasteiger partial charge on any atom is 0.573 e. The van der Waals surface area contributed by atoms with Crippen molar-refractivity contribution in [2.45, 2.75) is 26.4 Å². The predicted octanol–water partition coefficient (Wildman–Crippen LogP) is 6.04. The number of urea groups is 1. The Bertz CT molecular complexity index is 1750. The standard InChI is InChI=1S/C29H25F4N7O4S/c1-17-3-4-18(14-43-2)24(11-17)40-26(41)15-45-28(40)37-27(42)36-23-10-5-19(12-22(23)30)34-13-25-35-16-39(38-25)20-6-8-21(9-7-20)44-29(31,32)33/h3-12,16,34H,13-15H2,1-2H3,(H,36,42)/b37-28-. The van der Waals surface area contributed by atoms with Crippen molar-refractivity contribution in [1.29, 1.82) is 0 Å². The Balaban J connectivity index is 1.21. The second-order valence-electron chi connectivity index (χ2n) is 9.60. The van der Waals surface area contributed by atoms with Crippen LogP contribution < -0.4 is 20.3 Å². The zero-order valence-corrected chi connectivity index (χ0v) is 24.6. The van der Waals surface area contributed by atoms with Gasteiger partial charge in [-0.1, -0.05) is 23.9 Å². The first-order valence-corrected chi connectivity index (χ1v) is 14.2. The first-order valence-electron chi connectivity index (χ1n) is 13.2. The molecule has 1 aromatic heterocycles. The highest BCUT2D eigenvalue weighted by Gasteiger charge is 2.32. The number of alkyl halides is 3. The molecule has 1 fully saturated rings. The SMILES string of the molecule is COCc1ccc(C)cc1N1C(=O)CS/C1=N\C(=O)Nc1ccc(NCc2ncn(-c3ccc(OC(F)(F)F)cc3)n2)cc1F. The van der Waals surface area contributed by atoms with E-state index in [1.54, 1.807) is 7.11 Å². The number of hydrogen-bond donors (Lipinski definition) is 2. The number of carbonyl (C=O) groups excluding carboxylic acids is 2. The summed E-state index contributed by atoms with van der Waals surface area (Å²) in [5.41, 5.74) is 2.92. The van der Waals surface area contributed by atoms with E-state index in [0.717, 1.165) is 35.0 Å². The van der Waals surface area contributed by atoms with Crippen molar-refractivity contribution in [1.82, 2.24) is 14.8 Å². The van der Waals surface area contributed by atoms with E-state index in [0.29, 0.717) is 22.9 Å². The summed E-state index contributed by atoms with van der Waals surface area (Å²) < 4.78 is 62.5. The third-order valence-electron chi connectivity index (χ3n) is 6.28. The van der Waals surface area contributed by atoms with Crippen LogP contribution in [0.5, 0.6) is 5.75 Å². The van der Waals surface area contributed by atoms with E-state index in [4.69, 9.17) is 4.74 Å². The molecule has 0 bridgehead atoms. The van der Waals surface area contributed by atoms with Gasteiger partial charge in [0.05, 0.1) is 36.0 Å². The lowest BCUT2D eigenvalue weighted by Crippen LogP contribution is -2.31. The lowest BCUT2D eigenvalue weighted by molar-refractivity contribution is -0.274. The number of hydrogen-bond acceptors (Lipinski definition) is 8. The molecule has 0 radical (unpaired) electrons. The highest BCUT2D eigenvalue weighted by Crippen LogP contribution is 2.31. The van der Waals surface area contributed by atoms with Gasteiger partial charge in [-0.05, 0) is 61.0 Å². The number of thioether (sulfide) groups is 1. The molecule has 0 atom stereocenters. The minimum Gasteiger partial charge on any atom is -0.406 e. The second-order valence-corrected chi connectivity index (χ2v) is 10.5. The molecule has 0 spiro atoms. The van der Waals surface area contributed by atoms with Crippen LogP contribution in [-0.4, -0.2) is 51.1 Å². The van der Waals surface area contributed by atoms with Gasteiger partial charge in [0.15, 0.2) is 11.0 Å². The third-order valence-corrected chi connectivity index (χ3v) is 7.20. The van der Waals surface area contributed by atoms with Gasteiger partial charge in [0.1, 0.15) is 17.9 Å². The fourth-order valence-electron chi connectivity index (χ4n) is 4.28. The van der Waals surface area contributed by atoms with Crippen LogP contribution >= 0.6 is 11.8 Å². The minimum atomic E-state index is -4.79. The Morgan fingerprint density at radius 2 is 1.89 bits per heavy atom. The van der Waals surface area contributed by atoms with Crippen LogP contribution in [0.2, 0.25) is 0 Å². The fourth-order valence-corrected chi connectivity index (χ4v) is 5.14. The van der Waals surface area contributed by atoms with Gasteiger partial charge in [0.25, 0.3) is 0 Å². The van der Waals surface area contributed by atoms with E-state index in [1.807, 2.05) is 25.1 Å². The van der Waals surface area contributed by atoms with E-state index >= 15 is 0 Å². The molecule has 3 amide bonds. The number of amidine groups is 1. The maximum atomic E-state index is 14.9. The summed E-state index contributed by atoms with van der Waals surface area (Å²) in [4.78, 5) is 35.0. The molecule has 234 valence electrons. The molecule has 5 rings (SSSR count). The zero-order chi connectivity index (χ0) is 32.1. The summed E-state index contributed by atoms with van der Waals surface area (Å²) in [6, 6.07) is 13.8. The average Bonchev–Trinajstić information content (AvgIpc) is 3.60.